The first kappa shape index (κ1) is 81.5. The quantitative estimate of drug-likeness (QED) is 0.0994. The Balaban J connectivity index is 0.000000187. The van der Waals surface area contributed by atoms with E-state index < -0.39 is 16.6 Å². The molecule has 0 bridgehead atoms. The third-order valence-electron chi connectivity index (χ3n) is 17.9. The molecule has 1 atom stereocenters. The standard InChI is InChI=1S/C14H19NO.2C14H16.C12H20N2O2.C12H14N2O2.C11H15NO.C9H14N2O2/c1-8-6-7-9(2)12-10(8)11(13(16)15-12)14(3,4)5;1-14(2,3)13-10-6-8-11-7-4-5-9-12(11)13;1-14(2,3)13-9-8-11-6-4-5-7-12(11)10-13;1-11(2,3)14-9(15)12(13-10(14)16)7-5-4-6-8-12;1-12(2,3)14-10(15)8-6-4-5-7-9(8)13-11(14)16;1-11(2,3)12-10(13)9-7-5-4-6-8-9;1-6-5-11(9(2,3)4)8(13)10-7(6)12/h6-7,11H,1-5H3,(H,15,16);2*4-10H,1-3H3;4-8H2,1-3H3,(H,13,16);4-7H,1-3H3,(H,13,16);4-8H,1-3H3,(H,12,13);5H,1-4H3,(H,10,12,13). The summed E-state index contributed by atoms with van der Waals surface area (Å²) in [5.74, 6) is 0.0695. The van der Waals surface area contributed by atoms with Gasteiger partial charge in [0.1, 0.15) is 5.54 Å². The normalized spacial score (nSPS) is 15.0. The number of anilines is 1. The van der Waals surface area contributed by atoms with Gasteiger partial charge in [0.25, 0.3) is 22.9 Å². The van der Waals surface area contributed by atoms with Crippen molar-refractivity contribution in [3.05, 3.63) is 238 Å². The molecule has 9 aromatic rings. The van der Waals surface area contributed by atoms with Crippen LogP contribution in [0.15, 0.2) is 177 Å². The first-order valence-electron chi connectivity index (χ1n) is 35.6. The molecule has 102 heavy (non-hydrogen) atoms. The summed E-state index contributed by atoms with van der Waals surface area (Å²) in [5.41, 5.74) is 6.40. The SMILES string of the molecule is CC(C)(C)N1C(=O)NC2(CCCCC2)C1=O.CC(C)(C)NC(=O)c1ccccc1.CC(C)(C)c1ccc2ccccc2c1.CC(C)(C)c1cccc2ccccc12.CC(C)(C)n1c(=O)[nH]c2ccccc2c1=O.Cc1ccc(C)c2c1NC(=O)C2C(C)(C)C.Cc1cn(C(C)(C)C)c(=O)[nH]c1=O. The fourth-order valence-electron chi connectivity index (χ4n) is 12.6. The summed E-state index contributed by atoms with van der Waals surface area (Å²) in [5, 5.41) is 14.7. The van der Waals surface area contributed by atoms with E-state index in [-0.39, 0.29) is 79.5 Å². The van der Waals surface area contributed by atoms with Crippen LogP contribution in [-0.4, -0.2) is 64.4 Å². The maximum atomic E-state index is 12.4. The molecule has 12 rings (SSSR count). The molecule has 2 aliphatic heterocycles. The summed E-state index contributed by atoms with van der Waals surface area (Å²) >= 11 is 0. The van der Waals surface area contributed by atoms with E-state index in [9.17, 15) is 38.4 Å². The lowest BCUT2D eigenvalue weighted by Crippen LogP contribution is -2.50. The van der Waals surface area contributed by atoms with E-state index in [0.29, 0.717) is 22.0 Å². The molecule has 5 amide bonds. The lowest BCUT2D eigenvalue weighted by atomic mass is 9.76. The van der Waals surface area contributed by atoms with E-state index in [4.69, 9.17) is 0 Å². The van der Waals surface area contributed by atoms with Crippen LogP contribution in [-0.2, 0) is 31.5 Å². The lowest BCUT2D eigenvalue weighted by molar-refractivity contribution is -0.135. The number of imide groups is 1. The Hall–Kier alpha value is -9.44. The second-order valence-corrected chi connectivity index (χ2v) is 34.2. The molecule has 7 aromatic carbocycles. The summed E-state index contributed by atoms with van der Waals surface area (Å²) in [6.45, 7) is 48.5. The van der Waals surface area contributed by atoms with Crippen molar-refractivity contribution in [3.63, 3.8) is 0 Å². The Bertz CT molecular complexity index is 4680. The minimum absolute atomic E-state index is 0.0203. The average molecular weight is 1390 g/mol. The topological polar surface area (TPSA) is 217 Å². The third kappa shape index (κ3) is 21.1. The van der Waals surface area contributed by atoms with E-state index in [1.54, 1.807) is 49.5 Å². The van der Waals surface area contributed by atoms with Gasteiger partial charge in [-0.25, -0.2) is 14.4 Å². The summed E-state index contributed by atoms with van der Waals surface area (Å²) in [7, 11) is 0. The number of aromatic amines is 2. The van der Waals surface area contributed by atoms with Gasteiger partial charge in [0, 0.05) is 45.2 Å². The highest BCUT2D eigenvalue weighted by atomic mass is 16.2. The second-order valence-electron chi connectivity index (χ2n) is 34.2. The van der Waals surface area contributed by atoms with Gasteiger partial charge in [0.05, 0.1) is 16.8 Å². The van der Waals surface area contributed by atoms with Gasteiger partial charge in [-0.3, -0.25) is 43.0 Å². The predicted octanol–water partition coefficient (Wildman–Crippen LogP) is 18.0. The Morgan fingerprint density at radius 3 is 1.58 bits per heavy atom. The van der Waals surface area contributed by atoms with Gasteiger partial charge < -0.3 is 20.9 Å². The fourth-order valence-corrected chi connectivity index (χ4v) is 12.6. The minimum atomic E-state index is -0.581. The molecule has 546 valence electrons. The molecule has 1 saturated carbocycles. The summed E-state index contributed by atoms with van der Waals surface area (Å²) < 4.78 is 2.76. The van der Waals surface area contributed by atoms with Gasteiger partial charge in [-0.2, -0.15) is 0 Å². The molecule has 2 aromatic heterocycles. The number of urea groups is 1. The van der Waals surface area contributed by atoms with E-state index in [2.05, 4.69) is 192 Å². The Labute approximate surface area is 604 Å². The number of carbonyl (C=O) groups excluding carboxylic acids is 4. The van der Waals surface area contributed by atoms with Gasteiger partial charge in [0.2, 0.25) is 5.91 Å². The molecule has 2 fully saturated rings. The summed E-state index contributed by atoms with van der Waals surface area (Å²) in [6, 6.07) is 50.5. The van der Waals surface area contributed by atoms with Crippen molar-refractivity contribution in [2.75, 3.05) is 5.32 Å². The van der Waals surface area contributed by atoms with Crippen LogP contribution in [0.25, 0.3) is 32.4 Å². The zero-order valence-corrected chi connectivity index (χ0v) is 65.2. The molecule has 1 unspecified atom stereocenters. The highest BCUT2D eigenvalue weighted by Crippen LogP contribution is 2.46. The average Bonchev–Trinajstić information content (AvgIpc) is 1.57. The number of aryl methyl sites for hydroxylation is 3. The first-order valence-corrected chi connectivity index (χ1v) is 35.6. The molecule has 0 radical (unpaired) electrons. The molecule has 5 N–H and O–H groups in total. The van der Waals surface area contributed by atoms with Crippen LogP contribution >= 0.6 is 0 Å². The molecular formula is C86H114N8O8. The number of aromatic nitrogens is 4. The van der Waals surface area contributed by atoms with Crippen molar-refractivity contribution in [1.82, 2.24) is 34.6 Å². The number of carbonyl (C=O) groups is 4. The number of amides is 5. The smallest absolute Gasteiger partial charge is 0.329 e. The van der Waals surface area contributed by atoms with Gasteiger partial charge in [-0.15, -0.1) is 0 Å². The number of hydrogen-bond acceptors (Lipinski definition) is 8. The lowest BCUT2D eigenvalue weighted by Gasteiger charge is -2.33. The maximum Gasteiger partial charge on any atom is 0.329 e. The zero-order valence-electron chi connectivity index (χ0n) is 65.2. The maximum absolute atomic E-state index is 12.4. The molecule has 1 saturated heterocycles. The number of benzene rings is 7. The number of hydrogen-bond donors (Lipinski definition) is 5. The second kappa shape index (κ2) is 32.3. The largest absolute Gasteiger partial charge is 0.347 e. The Morgan fingerprint density at radius 1 is 0.500 bits per heavy atom. The first-order chi connectivity index (χ1) is 47.1. The number of fused-ring (bicyclic) bond motifs is 4. The highest BCUT2D eigenvalue weighted by molar-refractivity contribution is 6.08. The number of H-pyrrole nitrogens is 2. The van der Waals surface area contributed by atoms with Crippen LogP contribution in [0, 0.1) is 26.2 Å². The summed E-state index contributed by atoms with van der Waals surface area (Å²) in [6.07, 6.45) is 6.41. The van der Waals surface area contributed by atoms with Crippen molar-refractivity contribution in [2.45, 2.75) is 243 Å². The number of nitrogens with one attached hydrogen (secondary N) is 5. The van der Waals surface area contributed by atoms with E-state index in [0.717, 1.165) is 36.9 Å². The van der Waals surface area contributed by atoms with Crippen molar-refractivity contribution >= 4 is 61.9 Å². The van der Waals surface area contributed by atoms with E-state index in [1.807, 2.05) is 108 Å². The van der Waals surface area contributed by atoms with Crippen molar-refractivity contribution in [2.24, 2.45) is 5.41 Å². The van der Waals surface area contributed by atoms with Crippen LogP contribution in [0.3, 0.4) is 0 Å². The van der Waals surface area contributed by atoms with Gasteiger partial charge >= 0.3 is 17.4 Å². The van der Waals surface area contributed by atoms with Crippen LogP contribution in [0.5, 0.6) is 0 Å². The van der Waals surface area contributed by atoms with Crippen LogP contribution < -0.4 is 38.4 Å². The predicted molar refractivity (Wildman–Crippen MR) is 422 cm³/mol. The molecule has 16 heteroatoms. The monoisotopic (exact) mass is 1390 g/mol. The van der Waals surface area contributed by atoms with Crippen molar-refractivity contribution in [1.29, 1.82) is 0 Å². The van der Waals surface area contributed by atoms with Crippen LogP contribution in [0.4, 0.5) is 10.5 Å². The van der Waals surface area contributed by atoms with E-state index in [1.165, 1.54) is 64.3 Å². The highest BCUT2D eigenvalue weighted by Gasteiger charge is 2.54. The fraction of sp³-hybridized carbons (Fsp3) is 0.442. The van der Waals surface area contributed by atoms with Gasteiger partial charge in [-0.1, -0.05) is 209 Å². The van der Waals surface area contributed by atoms with Gasteiger partial charge in [0.15, 0.2) is 0 Å². The molecular weight excluding hydrogens is 1270 g/mol. The van der Waals surface area contributed by atoms with Crippen LogP contribution in [0.2, 0.25) is 0 Å². The summed E-state index contributed by atoms with van der Waals surface area (Å²) in [4.78, 5) is 101. The van der Waals surface area contributed by atoms with Crippen molar-refractivity contribution < 1.29 is 19.2 Å². The molecule has 16 nitrogen and oxygen atoms in total. The molecule has 4 heterocycles. The number of para-hydroxylation sites is 1. The Morgan fingerprint density at radius 2 is 1.04 bits per heavy atom. The number of nitrogens with zero attached hydrogens (tertiary/aromatic N) is 3. The van der Waals surface area contributed by atoms with Crippen molar-refractivity contribution in [3.8, 4) is 0 Å². The Kier molecular flexibility index (Phi) is 25.8. The number of rotatable bonds is 1. The van der Waals surface area contributed by atoms with Crippen LogP contribution in [0.1, 0.15) is 227 Å². The van der Waals surface area contributed by atoms with Gasteiger partial charge in [-0.05, 0) is 207 Å². The third-order valence-corrected chi connectivity index (χ3v) is 17.9. The van der Waals surface area contributed by atoms with E-state index >= 15 is 0 Å². The molecule has 1 spiro atoms. The molecule has 1 aliphatic carbocycles. The molecule has 3 aliphatic rings. The zero-order chi connectivity index (χ0) is 76.5. The minimum Gasteiger partial charge on any atom is -0.347 e.